The highest BCUT2D eigenvalue weighted by molar-refractivity contribution is 6.02. The second kappa shape index (κ2) is 16.9. The van der Waals surface area contributed by atoms with Crippen LogP contribution in [0.2, 0.25) is 0 Å². The third kappa shape index (κ3) is 12.1. The Morgan fingerprint density at radius 2 is 1.64 bits per heavy atom. The SMILES string of the molecule is CC=C(C)C(=O)[C@H](CC1CCNC1=O)NC(=O)[C@H](CC(C)C)NC(=O)[C@@H](NC(=O)OCc1ccccc1)C(C)OC(C)(C)C. The van der Waals surface area contributed by atoms with Gasteiger partial charge in [-0.25, -0.2) is 4.79 Å². The molecule has 1 saturated heterocycles. The van der Waals surface area contributed by atoms with E-state index >= 15 is 0 Å². The average Bonchev–Trinajstić information content (AvgIpc) is 3.36. The number of ether oxygens (including phenoxy) is 2. The fourth-order valence-corrected chi connectivity index (χ4v) is 4.95. The number of Topliss-reactive ketones (excluding diaryl/α,β-unsaturated/α-hetero) is 1. The van der Waals surface area contributed by atoms with E-state index in [-0.39, 0.29) is 37.1 Å². The lowest BCUT2D eigenvalue weighted by atomic mass is 9.92. The third-order valence-corrected chi connectivity index (χ3v) is 7.26. The summed E-state index contributed by atoms with van der Waals surface area (Å²) < 4.78 is 11.4. The van der Waals surface area contributed by atoms with E-state index in [9.17, 15) is 24.0 Å². The molecular weight excluding hydrogens is 564 g/mol. The molecule has 44 heavy (non-hydrogen) atoms. The highest BCUT2D eigenvalue weighted by Gasteiger charge is 2.36. The van der Waals surface area contributed by atoms with Gasteiger partial charge in [0.25, 0.3) is 0 Å². The summed E-state index contributed by atoms with van der Waals surface area (Å²) in [6.45, 7) is 14.9. The van der Waals surface area contributed by atoms with Crippen molar-refractivity contribution in [3.63, 3.8) is 0 Å². The fourth-order valence-electron chi connectivity index (χ4n) is 4.95. The van der Waals surface area contributed by atoms with Crippen molar-refractivity contribution in [1.82, 2.24) is 21.3 Å². The number of hydrogen-bond donors (Lipinski definition) is 4. The minimum absolute atomic E-state index is 0.00332. The monoisotopic (exact) mass is 614 g/mol. The van der Waals surface area contributed by atoms with E-state index in [1.54, 1.807) is 26.8 Å². The van der Waals surface area contributed by atoms with Crippen LogP contribution in [0, 0.1) is 11.8 Å². The summed E-state index contributed by atoms with van der Waals surface area (Å²) in [5, 5.41) is 11.0. The van der Waals surface area contributed by atoms with Gasteiger partial charge in [-0.15, -0.1) is 0 Å². The molecular formula is C33H50N4O7. The van der Waals surface area contributed by atoms with Gasteiger partial charge >= 0.3 is 6.09 Å². The van der Waals surface area contributed by atoms with Crippen molar-refractivity contribution in [2.45, 2.75) is 111 Å². The van der Waals surface area contributed by atoms with E-state index in [1.807, 2.05) is 65.0 Å². The van der Waals surface area contributed by atoms with Gasteiger partial charge in [-0.1, -0.05) is 50.3 Å². The van der Waals surface area contributed by atoms with Crippen LogP contribution in [0.3, 0.4) is 0 Å². The summed E-state index contributed by atoms with van der Waals surface area (Å²) in [7, 11) is 0. The van der Waals surface area contributed by atoms with Gasteiger partial charge in [0.05, 0.1) is 17.7 Å². The Morgan fingerprint density at radius 3 is 2.18 bits per heavy atom. The molecule has 0 aliphatic carbocycles. The first-order valence-corrected chi connectivity index (χ1v) is 15.3. The van der Waals surface area contributed by atoms with Gasteiger partial charge < -0.3 is 30.7 Å². The second-order valence-electron chi connectivity index (χ2n) is 12.7. The van der Waals surface area contributed by atoms with Crippen LogP contribution in [0.4, 0.5) is 4.79 Å². The third-order valence-electron chi connectivity index (χ3n) is 7.26. The lowest BCUT2D eigenvalue weighted by Gasteiger charge is -2.32. The van der Waals surface area contributed by atoms with E-state index in [0.717, 1.165) is 5.56 Å². The summed E-state index contributed by atoms with van der Waals surface area (Å²) in [6, 6.07) is 5.98. The van der Waals surface area contributed by atoms with Gasteiger partial charge in [-0.2, -0.15) is 0 Å². The van der Waals surface area contributed by atoms with Crippen molar-refractivity contribution in [3.8, 4) is 0 Å². The molecule has 0 aromatic heterocycles. The average molecular weight is 615 g/mol. The van der Waals surface area contributed by atoms with E-state index in [0.29, 0.717) is 18.5 Å². The van der Waals surface area contributed by atoms with Gasteiger partial charge in [0.15, 0.2) is 5.78 Å². The zero-order valence-electron chi connectivity index (χ0n) is 27.3. The first-order valence-electron chi connectivity index (χ1n) is 15.3. The van der Waals surface area contributed by atoms with Crippen LogP contribution in [-0.4, -0.2) is 66.0 Å². The number of alkyl carbamates (subject to hydrolysis) is 1. The lowest BCUT2D eigenvalue weighted by molar-refractivity contribution is -0.136. The molecule has 11 nitrogen and oxygen atoms in total. The molecule has 11 heteroatoms. The molecule has 1 aromatic rings. The van der Waals surface area contributed by atoms with Gasteiger partial charge in [0, 0.05) is 12.5 Å². The summed E-state index contributed by atoms with van der Waals surface area (Å²) in [5.74, 6) is -2.03. The number of ketones is 1. The Kier molecular flexibility index (Phi) is 14.0. The highest BCUT2D eigenvalue weighted by Crippen LogP contribution is 2.19. The van der Waals surface area contributed by atoms with Crippen molar-refractivity contribution in [3.05, 3.63) is 47.5 Å². The van der Waals surface area contributed by atoms with Crippen LogP contribution in [-0.2, 0) is 35.3 Å². The molecule has 2 rings (SSSR count). The fraction of sp³-hybridized carbons (Fsp3) is 0.606. The predicted octanol–water partition coefficient (Wildman–Crippen LogP) is 3.56. The van der Waals surface area contributed by atoms with E-state index in [4.69, 9.17) is 9.47 Å². The number of carbonyl (C=O) groups is 5. The Balaban J connectivity index is 2.25. The molecule has 0 bridgehead atoms. The van der Waals surface area contributed by atoms with Gasteiger partial charge in [-0.3, -0.25) is 19.2 Å². The van der Waals surface area contributed by atoms with E-state index in [2.05, 4.69) is 21.3 Å². The number of carbonyl (C=O) groups excluding carboxylic acids is 5. The number of rotatable bonds is 15. The minimum Gasteiger partial charge on any atom is -0.445 e. The molecule has 1 fully saturated rings. The van der Waals surface area contributed by atoms with E-state index < -0.39 is 53.7 Å². The van der Waals surface area contributed by atoms with Crippen LogP contribution >= 0.6 is 0 Å². The molecule has 5 atom stereocenters. The second-order valence-corrected chi connectivity index (χ2v) is 12.7. The minimum atomic E-state index is -1.19. The van der Waals surface area contributed by atoms with Gasteiger partial charge in [-0.05, 0) is 77.9 Å². The van der Waals surface area contributed by atoms with Gasteiger partial charge in [0.1, 0.15) is 18.7 Å². The van der Waals surface area contributed by atoms with Crippen molar-refractivity contribution in [1.29, 1.82) is 0 Å². The Bertz CT molecular complexity index is 1180. The first kappa shape index (κ1) is 36.5. The number of amides is 4. The molecule has 0 spiro atoms. The Labute approximate surface area is 261 Å². The standard InChI is InChI=1S/C33H50N4O7/c1-9-21(4)28(38)25(18-24-15-16-34-29(24)39)35-30(40)26(17-20(2)3)36-31(41)27(22(5)44-33(6,7)8)37-32(42)43-19-23-13-11-10-12-14-23/h9-14,20,22,24-27H,15-19H2,1-8H3,(H,34,39)(H,35,40)(H,36,41)(H,37,42)/t22?,24?,25-,26-,27-/m0/s1. The quantitative estimate of drug-likeness (QED) is 0.221. The maximum atomic E-state index is 13.7. The summed E-state index contributed by atoms with van der Waals surface area (Å²) in [4.78, 5) is 65.6. The maximum absolute atomic E-state index is 13.7. The van der Waals surface area contributed by atoms with Crippen molar-refractivity contribution in [2.24, 2.45) is 11.8 Å². The number of allylic oxidation sites excluding steroid dienone is 1. The van der Waals surface area contributed by atoms with Crippen molar-refractivity contribution < 1.29 is 33.4 Å². The molecule has 1 aliphatic heterocycles. The zero-order chi connectivity index (χ0) is 33.0. The summed E-state index contributed by atoms with van der Waals surface area (Å²) in [6.07, 6.45) is 1.05. The van der Waals surface area contributed by atoms with E-state index in [1.165, 1.54) is 0 Å². The number of hydrogen-bond acceptors (Lipinski definition) is 7. The van der Waals surface area contributed by atoms with Crippen LogP contribution in [0.15, 0.2) is 42.0 Å². The first-order chi connectivity index (χ1) is 20.6. The molecule has 244 valence electrons. The topological polar surface area (TPSA) is 152 Å². The highest BCUT2D eigenvalue weighted by atomic mass is 16.6. The smallest absolute Gasteiger partial charge is 0.408 e. The molecule has 4 amide bonds. The zero-order valence-corrected chi connectivity index (χ0v) is 27.3. The molecule has 1 aromatic carbocycles. The number of benzene rings is 1. The molecule has 1 aliphatic rings. The van der Waals surface area contributed by atoms with Crippen LogP contribution in [0.1, 0.15) is 80.2 Å². The van der Waals surface area contributed by atoms with Crippen LogP contribution in [0.5, 0.6) is 0 Å². The molecule has 0 radical (unpaired) electrons. The summed E-state index contributed by atoms with van der Waals surface area (Å²) >= 11 is 0. The van der Waals surface area contributed by atoms with Crippen LogP contribution in [0.25, 0.3) is 0 Å². The lowest BCUT2D eigenvalue weighted by Crippen LogP contribution is -2.59. The predicted molar refractivity (Wildman–Crippen MR) is 167 cm³/mol. The molecule has 2 unspecified atom stereocenters. The largest absolute Gasteiger partial charge is 0.445 e. The van der Waals surface area contributed by atoms with Crippen LogP contribution < -0.4 is 21.3 Å². The van der Waals surface area contributed by atoms with Crippen molar-refractivity contribution in [2.75, 3.05) is 6.54 Å². The molecule has 0 saturated carbocycles. The Hall–Kier alpha value is -3.73. The normalized spacial score (nSPS) is 18.1. The van der Waals surface area contributed by atoms with Crippen molar-refractivity contribution >= 4 is 29.6 Å². The Morgan fingerprint density at radius 1 is 1.00 bits per heavy atom. The maximum Gasteiger partial charge on any atom is 0.408 e. The van der Waals surface area contributed by atoms with Gasteiger partial charge in [0.2, 0.25) is 17.7 Å². The molecule has 1 heterocycles. The number of nitrogens with one attached hydrogen (secondary N) is 4. The summed E-state index contributed by atoms with van der Waals surface area (Å²) in [5.41, 5.74) is 0.612. The molecule has 4 N–H and O–H groups in total.